The van der Waals surface area contributed by atoms with Crippen LogP contribution >= 0.6 is 0 Å². The van der Waals surface area contributed by atoms with E-state index in [9.17, 15) is 9.90 Å². The molecule has 32 heavy (non-hydrogen) atoms. The van der Waals surface area contributed by atoms with E-state index in [1.54, 1.807) is 31.4 Å². The standard InChI is InChI=1S/C23H29N7O2/c1-28(2)22(32)19-11-15-12-25-23(27-21(15)30(19)16-5-3-4-6-16)26-20-8-7-17(13-24-20)29-10-9-18(31)14-29/h7-8,11-13,16,18,31H,3-6,9-10,14H2,1-2H3,(H,24,25,26,27). The molecule has 2 N–H and O–H groups in total. The van der Waals surface area contributed by atoms with Gasteiger partial charge in [-0.1, -0.05) is 12.8 Å². The number of aliphatic hydroxyl groups is 1. The van der Waals surface area contributed by atoms with Crippen molar-refractivity contribution in [1.82, 2.24) is 24.4 Å². The Morgan fingerprint density at radius 2 is 1.97 bits per heavy atom. The lowest BCUT2D eigenvalue weighted by molar-refractivity contribution is 0.0815. The van der Waals surface area contributed by atoms with Crippen molar-refractivity contribution >= 4 is 34.4 Å². The summed E-state index contributed by atoms with van der Waals surface area (Å²) >= 11 is 0. The van der Waals surface area contributed by atoms with E-state index in [-0.39, 0.29) is 18.1 Å². The number of hydrogen-bond donors (Lipinski definition) is 2. The number of hydrogen-bond acceptors (Lipinski definition) is 7. The highest BCUT2D eigenvalue weighted by molar-refractivity contribution is 5.97. The molecule has 1 unspecified atom stereocenters. The number of amides is 1. The van der Waals surface area contributed by atoms with Gasteiger partial charge in [0, 0.05) is 44.8 Å². The average Bonchev–Trinajstić information content (AvgIpc) is 3.53. The monoisotopic (exact) mass is 435 g/mol. The number of carbonyl (C=O) groups is 1. The number of nitrogens with one attached hydrogen (secondary N) is 1. The van der Waals surface area contributed by atoms with Crippen LogP contribution in [0.2, 0.25) is 0 Å². The van der Waals surface area contributed by atoms with E-state index in [2.05, 4.69) is 24.8 Å². The van der Waals surface area contributed by atoms with Crippen molar-refractivity contribution in [2.45, 2.75) is 44.2 Å². The number of anilines is 3. The highest BCUT2D eigenvalue weighted by Crippen LogP contribution is 2.35. The predicted octanol–water partition coefficient (Wildman–Crippen LogP) is 2.96. The molecule has 5 rings (SSSR count). The lowest BCUT2D eigenvalue weighted by Crippen LogP contribution is -2.25. The minimum absolute atomic E-state index is 0.0197. The molecule has 1 saturated carbocycles. The van der Waals surface area contributed by atoms with Gasteiger partial charge in [0.2, 0.25) is 5.95 Å². The van der Waals surface area contributed by atoms with Crippen molar-refractivity contribution in [2.75, 3.05) is 37.4 Å². The first kappa shape index (κ1) is 20.7. The van der Waals surface area contributed by atoms with Gasteiger partial charge in [0.15, 0.2) is 0 Å². The van der Waals surface area contributed by atoms with Crippen LogP contribution in [0, 0.1) is 0 Å². The van der Waals surface area contributed by atoms with Gasteiger partial charge in [-0.05, 0) is 37.5 Å². The molecular formula is C23H29N7O2. The molecule has 1 aliphatic heterocycles. The SMILES string of the molecule is CN(C)C(=O)c1cc2cnc(Nc3ccc(N4CCC(O)C4)cn3)nc2n1C1CCCC1. The Morgan fingerprint density at radius 1 is 1.16 bits per heavy atom. The van der Waals surface area contributed by atoms with Crippen LogP contribution in [0.5, 0.6) is 0 Å². The van der Waals surface area contributed by atoms with Crippen LogP contribution in [0.3, 0.4) is 0 Å². The maximum atomic E-state index is 12.8. The summed E-state index contributed by atoms with van der Waals surface area (Å²) in [5.74, 6) is 1.08. The molecule has 168 valence electrons. The van der Waals surface area contributed by atoms with Gasteiger partial charge in [0.05, 0.1) is 18.0 Å². The number of β-amino-alcohol motifs (C(OH)–C–C–N with tert-alkyl or cyclic N) is 1. The van der Waals surface area contributed by atoms with Gasteiger partial charge >= 0.3 is 0 Å². The van der Waals surface area contributed by atoms with Crippen LogP contribution < -0.4 is 10.2 Å². The fourth-order valence-corrected chi connectivity index (χ4v) is 4.73. The summed E-state index contributed by atoms with van der Waals surface area (Å²) in [6.07, 6.45) is 8.52. The van der Waals surface area contributed by atoms with Gasteiger partial charge in [-0.25, -0.2) is 9.97 Å². The third kappa shape index (κ3) is 3.88. The van der Waals surface area contributed by atoms with Crippen LogP contribution in [0.15, 0.2) is 30.6 Å². The lowest BCUT2D eigenvalue weighted by atomic mass is 10.2. The van der Waals surface area contributed by atoms with E-state index in [0.717, 1.165) is 42.5 Å². The molecule has 3 aromatic heterocycles. The number of fused-ring (bicyclic) bond motifs is 1. The van der Waals surface area contributed by atoms with Crippen molar-refractivity contribution in [2.24, 2.45) is 0 Å². The molecule has 3 aromatic rings. The molecule has 0 radical (unpaired) electrons. The summed E-state index contributed by atoms with van der Waals surface area (Å²) in [6, 6.07) is 6.06. The summed E-state index contributed by atoms with van der Waals surface area (Å²) < 4.78 is 2.10. The van der Waals surface area contributed by atoms with Crippen molar-refractivity contribution in [1.29, 1.82) is 0 Å². The molecule has 2 aliphatic rings. The van der Waals surface area contributed by atoms with Crippen LogP contribution in [0.4, 0.5) is 17.5 Å². The third-order valence-corrected chi connectivity index (χ3v) is 6.41. The van der Waals surface area contributed by atoms with Gasteiger partial charge in [0.25, 0.3) is 5.91 Å². The second kappa shape index (κ2) is 8.38. The average molecular weight is 436 g/mol. The van der Waals surface area contributed by atoms with Crippen molar-refractivity contribution in [3.8, 4) is 0 Å². The van der Waals surface area contributed by atoms with Gasteiger partial charge < -0.3 is 24.8 Å². The van der Waals surface area contributed by atoms with Gasteiger partial charge in [0.1, 0.15) is 17.2 Å². The zero-order chi connectivity index (χ0) is 22.2. The Balaban J connectivity index is 1.43. The Hall–Kier alpha value is -3.20. The number of nitrogens with zero attached hydrogens (tertiary/aromatic N) is 6. The number of aromatic nitrogens is 4. The topological polar surface area (TPSA) is 99.4 Å². The molecule has 4 heterocycles. The Bertz CT molecular complexity index is 1120. The second-order valence-electron chi connectivity index (χ2n) is 8.93. The first-order chi connectivity index (χ1) is 15.5. The minimum atomic E-state index is -0.270. The number of aliphatic hydroxyl groups excluding tert-OH is 1. The highest BCUT2D eigenvalue weighted by Gasteiger charge is 2.26. The Labute approximate surface area is 187 Å². The van der Waals surface area contributed by atoms with Gasteiger partial charge in [-0.2, -0.15) is 4.98 Å². The molecule has 1 saturated heterocycles. The first-order valence-corrected chi connectivity index (χ1v) is 11.3. The van der Waals surface area contributed by atoms with Crippen LogP contribution in [-0.2, 0) is 0 Å². The number of carbonyl (C=O) groups excluding carboxylic acids is 1. The summed E-state index contributed by atoms with van der Waals surface area (Å²) in [5, 5.41) is 13.8. The van der Waals surface area contributed by atoms with E-state index in [1.807, 2.05) is 18.2 Å². The summed E-state index contributed by atoms with van der Waals surface area (Å²) in [6.45, 7) is 1.47. The maximum absolute atomic E-state index is 12.8. The maximum Gasteiger partial charge on any atom is 0.270 e. The second-order valence-corrected chi connectivity index (χ2v) is 8.93. The zero-order valence-corrected chi connectivity index (χ0v) is 18.5. The summed E-state index contributed by atoms with van der Waals surface area (Å²) in [4.78, 5) is 30.3. The third-order valence-electron chi connectivity index (χ3n) is 6.41. The molecular weight excluding hydrogens is 406 g/mol. The van der Waals surface area contributed by atoms with E-state index in [0.29, 0.717) is 24.0 Å². The largest absolute Gasteiger partial charge is 0.391 e. The van der Waals surface area contributed by atoms with Crippen molar-refractivity contribution in [3.63, 3.8) is 0 Å². The number of rotatable bonds is 5. The van der Waals surface area contributed by atoms with Crippen LogP contribution in [0.1, 0.15) is 48.6 Å². The molecule has 9 heteroatoms. The fraction of sp³-hybridized carbons (Fsp3) is 0.478. The molecule has 1 amide bonds. The summed E-state index contributed by atoms with van der Waals surface area (Å²) in [7, 11) is 3.55. The molecule has 0 spiro atoms. The van der Waals surface area contributed by atoms with E-state index in [1.165, 1.54) is 12.8 Å². The lowest BCUT2D eigenvalue weighted by Gasteiger charge is -2.19. The summed E-state index contributed by atoms with van der Waals surface area (Å²) in [5.41, 5.74) is 2.44. The van der Waals surface area contributed by atoms with Crippen LogP contribution in [0.25, 0.3) is 11.0 Å². The van der Waals surface area contributed by atoms with E-state index >= 15 is 0 Å². The highest BCUT2D eigenvalue weighted by atomic mass is 16.3. The van der Waals surface area contributed by atoms with Gasteiger partial charge in [-0.15, -0.1) is 0 Å². The normalized spacial score (nSPS) is 19.1. The quantitative estimate of drug-likeness (QED) is 0.636. The van der Waals surface area contributed by atoms with Crippen LogP contribution in [-0.4, -0.2) is 68.7 Å². The predicted molar refractivity (Wildman–Crippen MR) is 123 cm³/mol. The van der Waals surface area contributed by atoms with E-state index < -0.39 is 0 Å². The van der Waals surface area contributed by atoms with Crippen molar-refractivity contribution < 1.29 is 9.90 Å². The molecule has 0 bridgehead atoms. The minimum Gasteiger partial charge on any atom is -0.391 e. The Kier molecular flexibility index (Phi) is 5.42. The smallest absolute Gasteiger partial charge is 0.270 e. The molecule has 1 atom stereocenters. The zero-order valence-electron chi connectivity index (χ0n) is 18.5. The Morgan fingerprint density at radius 3 is 2.62 bits per heavy atom. The first-order valence-electron chi connectivity index (χ1n) is 11.3. The molecule has 0 aromatic carbocycles. The number of pyridine rings is 1. The fourth-order valence-electron chi connectivity index (χ4n) is 4.73. The van der Waals surface area contributed by atoms with Gasteiger partial charge in [-0.3, -0.25) is 4.79 Å². The van der Waals surface area contributed by atoms with Crippen molar-refractivity contribution in [3.05, 3.63) is 36.3 Å². The molecule has 1 aliphatic carbocycles. The molecule has 9 nitrogen and oxygen atoms in total. The molecule has 2 fully saturated rings. The van der Waals surface area contributed by atoms with E-state index in [4.69, 9.17) is 4.98 Å².